The molecule has 0 radical (unpaired) electrons. The summed E-state index contributed by atoms with van der Waals surface area (Å²) < 4.78 is 43.7. The van der Waals surface area contributed by atoms with Crippen LogP contribution >= 0.6 is 0 Å². The van der Waals surface area contributed by atoms with E-state index in [1.165, 1.54) is 6.20 Å². The minimum atomic E-state index is -1.08. The minimum Gasteiger partial charge on any atom is -0.369 e. The topological polar surface area (TPSA) is 111 Å². The van der Waals surface area contributed by atoms with Crippen LogP contribution < -0.4 is 16.4 Å². The van der Waals surface area contributed by atoms with Crippen molar-refractivity contribution in [3.05, 3.63) is 35.8 Å². The molecule has 34 heavy (non-hydrogen) atoms. The fourth-order valence-electron chi connectivity index (χ4n) is 4.04. The Bertz CT molecular complexity index is 1130. The number of halogens is 3. The zero-order chi connectivity index (χ0) is 25.0. The Labute approximate surface area is 196 Å². The van der Waals surface area contributed by atoms with E-state index in [4.69, 9.17) is 5.73 Å². The van der Waals surface area contributed by atoms with Crippen molar-refractivity contribution in [3.63, 3.8) is 0 Å². The molecule has 4 N–H and O–H groups in total. The highest BCUT2D eigenvalue weighted by Crippen LogP contribution is 2.37. The van der Waals surface area contributed by atoms with Gasteiger partial charge >= 0.3 is 0 Å². The van der Waals surface area contributed by atoms with E-state index in [1.807, 2.05) is 27.7 Å². The van der Waals surface area contributed by atoms with Crippen LogP contribution in [0.5, 0.6) is 0 Å². The standard InChI is InChI=1S/C21H24F3N7O.C2H6/c1-10(2)27-20-26-9-16-19(30-20)31(13-5-3-11(4-6-13)18(25)32)21(28-16)29-17-14(23)7-12(22)8-15(17)24;1-2/h7-11,13H,3-6H2,1-2H3,(H2,25,32)(H,28,29)(H,26,27,30);1-2H3. The number of nitrogens with two attached hydrogens (primary N) is 1. The lowest BCUT2D eigenvalue weighted by molar-refractivity contribution is -0.122. The number of benzene rings is 1. The summed E-state index contributed by atoms with van der Waals surface area (Å²) in [7, 11) is 0. The summed E-state index contributed by atoms with van der Waals surface area (Å²) in [5.74, 6) is -3.17. The normalized spacial score (nSPS) is 17.9. The average Bonchev–Trinajstić information content (AvgIpc) is 3.14. The van der Waals surface area contributed by atoms with Crippen LogP contribution in [0.1, 0.15) is 59.4 Å². The third kappa shape index (κ3) is 5.40. The van der Waals surface area contributed by atoms with E-state index in [-0.39, 0.29) is 29.9 Å². The Morgan fingerprint density at radius 1 is 1.09 bits per heavy atom. The third-order valence-corrected chi connectivity index (χ3v) is 5.56. The lowest BCUT2D eigenvalue weighted by Gasteiger charge is -2.29. The number of imidazole rings is 1. The number of carbonyl (C=O) groups excluding carboxylic acids is 1. The van der Waals surface area contributed by atoms with Crippen LogP contribution in [0.25, 0.3) is 11.2 Å². The molecule has 1 aromatic carbocycles. The Morgan fingerprint density at radius 2 is 1.71 bits per heavy atom. The third-order valence-electron chi connectivity index (χ3n) is 5.56. The maximum absolute atomic E-state index is 14.3. The van der Waals surface area contributed by atoms with Crippen molar-refractivity contribution in [1.29, 1.82) is 0 Å². The Hall–Kier alpha value is -3.37. The molecular weight excluding hydrogens is 447 g/mol. The Balaban J connectivity index is 0.00000158. The molecule has 4 rings (SSSR count). The van der Waals surface area contributed by atoms with Gasteiger partial charge in [-0.05, 0) is 39.5 Å². The summed E-state index contributed by atoms with van der Waals surface area (Å²) >= 11 is 0. The van der Waals surface area contributed by atoms with Crippen LogP contribution in [0.2, 0.25) is 0 Å². The van der Waals surface area contributed by atoms with Crippen molar-refractivity contribution < 1.29 is 18.0 Å². The number of anilines is 3. The maximum Gasteiger partial charge on any atom is 0.224 e. The van der Waals surface area contributed by atoms with Crippen LogP contribution in [0.3, 0.4) is 0 Å². The first-order chi connectivity index (χ1) is 16.2. The molecule has 0 aliphatic heterocycles. The molecule has 1 amide bonds. The van der Waals surface area contributed by atoms with E-state index in [0.29, 0.717) is 54.9 Å². The molecule has 1 fully saturated rings. The number of amides is 1. The van der Waals surface area contributed by atoms with Crippen LogP contribution in [0.15, 0.2) is 18.3 Å². The number of fused-ring (bicyclic) bond motifs is 1. The zero-order valence-electron chi connectivity index (χ0n) is 19.7. The highest BCUT2D eigenvalue weighted by Gasteiger charge is 2.29. The lowest BCUT2D eigenvalue weighted by atomic mass is 9.85. The zero-order valence-corrected chi connectivity index (χ0v) is 19.7. The van der Waals surface area contributed by atoms with Crippen LogP contribution in [-0.4, -0.2) is 31.5 Å². The van der Waals surface area contributed by atoms with Gasteiger partial charge in [0.05, 0.1) is 6.20 Å². The summed E-state index contributed by atoms with van der Waals surface area (Å²) in [6.45, 7) is 7.89. The van der Waals surface area contributed by atoms with Gasteiger partial charge in [-0.2, -0.15) is 4.98 Å². The van der Waals surface area contributed by atoms with Crippen LogP contribution in [0, 0.1) is 23.4 Å². The summed E-state index contributed by atoms with van der Waals surface area (Å²) in [6.07, 6.45) is 3.92. The van der Waals surface area contributed by atoms with Gasteiger partial charge in [0.2, 0.25) is 17.8 Å². The summed E-state index contributed by atoms with van der Waals surface area (Å²) in [6, 6.07) is 1.16. The molecule has 0 saturated heterocycles. The molecule has 1 aliphatic carbocycles. The molecule has 1 saturated carbocycles. The van der Waals surface area contributed by atoms with E-state index in [9.17, 15) is 18.0 Å². The highest BCUT2D eigenvalue weighted by molar-refractivity contribution is 5.78. The second kappa shape index (κ2) is 10.7. The molecule has 0 spiro atoms. The number of hydrogen-bond acceptors (Lipinski definition) is 6. The quantitative estimate of drug-likeness (QED) is 0.458. The maximum atomic E-state index is 14.3. The van der Waals surface area contributed by atoms with Crippen LogP contribution in [0.4, 0.5) is 30.8 Å². The fraction of sp³-hybridized carbons (Fsp3) is 0.478. The van der Waals surface area contributed by atoms with Gasteiger partial charge in [0.25, 0.3) is 0 Å². The summed E-state index contributed by atoms with van der Waals surface area (Å²) in [5.41, 5.74) is 5.86. The molecule has 1 aliphatic rings. The molecule has 2 aromatic heterocycles. The fourth-order valence-corrected chi connectivity index (χ4v) is 4.04. The largest absolute Gasteiger partial charge is 0.369 e. The number of rotatable bonds is 6. The van der Waals surface area contributed by atoms with E-state index in [2.05, 4.69) is 25.6 Å². The first-order valence-corrected chi connectivity index (χ1v) is 11.4. The van der Waals surface area contributed by atoms with Gasteiger partial charge in [0, 0.05) is 30.1 Å². The molecule has 2 heterocycles. The first kappa shape index (κ1) is 25.3. The lowest BCUT2D eigenvalue weighted by Crippen LogP contribution is -2.29. The molecule has 8 nitrogen and oxygen atoms in total. The second-order valence-electron chi connectivity index (χ2n) is 8.28. The van der Waals surface area contributed by atoms with Gasteiger partial charge < -0.3 is 16.4 Å². The van der Waals surface area contributed by atoms with Gasteiger partial charge in [-0.1, -0.05) is 13.8 Å². The molecule has 0 atom stereocenters. The van der Waals surface area contributed by atoms with Crippen molar-refractivity contribution in [2.75, 3.05) is 10.6 Å². The molecule has 0 bridgehead atoms. The number of hydrogen-bond donors (Lipinski definition) is 3. The Kier molecular flexibility index (Phi) is 7.95. The van der Waals surface area contributed by atoms with Gasteiger partial charge in [-0.15, -0.1) is 0 Å². The van der Waals surface area contributed by atoms with E-state index in [0.717, 1.165) is 0 Å². The second-order valence-corrected chi connectivity index (χ2v) is 8.28. The van der Waals surface area contributed by atoms with Gasteiger partial charge in [0.1, 0.15) is 17.0 Å². The van der Waals surface area contributed by atoms with Gasteiger partial charge in [-0.25, -0.2) is 23.1 Å². The smallest absolute Gasteiger partial charge is 0.224 e. The number of nitrogens with one attached hydrogen (secondary N) is 2. The average molecular weight is 478 g/mol. The SMILES string of the molecule is CC.CC(C)Nc1ncc2nc(Nc3c(F)cc(F)cc3F)n(C3CCC(C(N)=O)CC3)c2n1. The van der Waals surface area contributed by atoms with Crippen molar-refractivity contribution >= 4 is 34.7 Å². The number of primary amides is 1. The number of nitrogens with zero attached hydrogens (tertiary/aromatic N) is 4. The molecule has 3 aromatic rings. The van der Waals surface area contributed by atoms with E-state index < -0.39 is 23.1 Å². The van der Waals surface area contributed by atoms with Crippen LogP contribution in [-0.2, 0) is 4.79 Å². The van der Waals surface area contributed by atoms with Crippen molar-refractivity contribution in [1.82, 2.24) is 19.5 Å². The molecular formula is C23H30F3N7O. The van der Waals surface area contributed by atoms with Crippen molar-refractivity contribution in [3.8, 4) is 0 Å². The van der Waals surface area contributed by atoms with Crippen molar-refractivity contribution in [2.45, 2.75) is 65.5 Å². The molecule has 11 heteroatoms. The monoisotopic (exact) mass is 477 g/mol. The molecule has 0 unspecified atom stereocenters. The predicted molar refractivity (Wildman–Crippen MR) is 125 cm³/mol. The van der Waals surface area contributed by atoms with E-state index >= 15 is 0 Å². The first-order valence-electron chi connectivity index (χ1n) is 11.4. The minimum absolute atomic E-state index is 0.0924. The number of carbonyl (C=O) groups is 1. The molecule has 184 valence electrons. The predicted octanol–water partition coefficient (Wildman–Crippen LogP) is 5.05. The summed E-state index contributed by atoms with van der Waals surface area (Å²) in [5, 5.41) is 5.80. The van der Waals surface area contributed by atoms with Gasteiger partial charge in [0.15, 0.2) is 17.3 Å². The Morgan fingerprint density at radius 3 is 2.26 bits per heavy atom. The van der Waals surface area contributed by atoms with Gasteiger partial charge in [-0.3, -0.25) is 9.36 Å². The summed E-state index contributed by atoms with van der Waals surface area (Å²) in [4.78, 5) is 24.8. The highest BCUT2D eigenvalue weighted by atomic mass is 19.1. The van der Waals surface area contributed by atoms with Crippen molar-refractivity contribution in [2.24, 2.45) is 11.7 Å². The number of aromatic nitrogens is 4. The van der Waals surface area contributed by atoms with E-state index in [1.54, 1.807) is 4.57 Å².